The first-order valence-corrected chi connectivity index (χ1v) is 6.20. The summed E-state index contributed by atoms with van der Waals surface area (Å²) < 4.78 is 5.19. The van der Waals surface area contributed by atoms with Crippen molar-refractivity contribution in [1.82, 2.24) is 5.32 Å². The Labute approximate surface area is 87.4 Å². The molecule has 2 nitrogen and oxygen atoms in total. The standard InChI is InChI=1S/C12H23NO/c1-10(13-12-8-14-9-12)11-6-4-2-3-5-7-11/h10-13H,2-9H2,1H3/t10-/m0/s1. The van der Waals surface area contributed by atoms with Crippen molar-refractivity contribution < 1.29 is 4.74 Å². The van der Waals surface area contributed by atoms with Crippen molar-refractivity contribution in [3.8, 4) is 0 Å². The van der Waals surface area contributed by atoms with E-state index in [0.717, 1.165) is 19.1 Å². The lowest BCUT2D eigenvalue weighted by atomic mass is 9.92. The molecular weight excluding hydrogens is 174 g/mol. The Balaban J connectivity index is 1.73. The van der Waals surface area contributed by atoms with Crippen molar-refractivity contribution in [3.05, 3.63) is 0 Å². The molecule has 0 aromatic carbocycles. The van der Waals surface area contributed by atoms with Crippen molar-refractivity contribution in [1.29, 1.82) is 0 Å². The predicted octanol–water partition coefficient (Wildman–Crippen LogP) is 2.33. The third-order valence-electron chi connectivity index (χ3n) is 3.74. The highest BCUT2D eigenvalue weighted by Crippen LogP contribution is 2.25. The number of ether oxygens (including phenoxy) is 1. The largest absolute Gasteiger partial charge is 0.378 e. The number of nitrogens with one attached hydrogen (secondary N) is 1. The maximum absolute atomic E-state index is 5.19. The van der Waals surface area contributed by atoms with Gasteiger partial charge in [0.2, 0.25) is 0 Å². The van der Waals surface area contributed by atoms with Gasteiger partial charge in [0.25, 0.3) is 0 Å². The summed E-state index contributed by atoms with van der Waals surface area (Å²) in [5.41, 5.74) is 0. The summed E-state index contributed by atoms with van der Waals surface area (Å²) >= 11 is 0. The van der Waals surface area contributed by atoms with Gasteiger partial charge in [0.15, 0.2) is 0 Å². The zero-order valence-corrected chi connectivity index (χ0v) is 9.30. The second kappa shape index (κ2) is 5.13. The highest BCUT2D eigenvalue weighted by atomic mass is 16.5. The average Bonchev–Trinajstić information content (AvgIpc) is 2.38. The van der Waals surface area contributed by atoms with E-state index in [2.05, 4.69) is 12.2 Å². The molecule has 2 fully saturated rings. The Hall–Kier alpha value is -0.0800. The first-order valence-electron chi connectivity index (χ1n) is 6.20. The highest BCUT2D eigenvalue weighted by molar-refractivity contribution is 4.81. The summed E-state index contributed by atoms with van der Waals surface area (Å²) in [6.45, 7) is 4.21. The van der Waals surface area contributed by atoms with Crippen LogP contribution in [0.25, 0.3) is 0 Å². The predicted molar refractivity (Wildman–Crippen MR) is 58.4 cm³/mol. The molecule has 1 aliphatic heterocycles. The van der Waals surface area contributed by atoms with Crippen LogP contribution in [-0.4, -0.2) is 25.3 Å². The molecule has 1 saturated carbocycles. The first-order chi connectivity index (χ1) is 6.86. The smallest absolute Gasteiger partial charge is 0.0643 e. The Bertz CT molecular complexity index is 160. The lowest BCUT2D eigenvalue weighted by Gasteiger charge is -2.33. The SMILES string of the molecule is C[C@H](NC1COC1)C1CCCCCC1. The summed E-state index contributed by atoms with van der Waals surface area (Å²) in [4.78, 5) is 0. The molecule has 1 aliphatic carbocycles. The Kier molecular flexibility index (Phi) is 3.82. The number of hydrogen-bond donors (Lipinski definition) is 1. The van der Waals surface area contributed by atoms with Gasteiger partial charge < -0.3 is 10.1 Å². The van der Waals surface area contributed by atoms with Gasteiger partial charge in [-0.1, -0.05) is 25.7 Å². The highest BCUT2D eigenvalue weighted by Gasteiger charge is 2.24. The van der Waals surface area contributed by atoms with Crippen LogP contribution < -0.4 is 5.32 Å². The third-order valence-corrected chi connectivity index (χ3v) is 3.74. The summed E-state index contributed by atoms with van der Waals surface area (Å²) in [6.07, 6.45) is 8.66. The van der Waals surface area contributed by atoms with E-state index in [9.17, 15) is 0 Å². The van der Waals surface area contributed by atoms with E-state index in [-0.39, 0.29) is 0 Å². The van der Waals surface area contributed by atoms with Crippen LogP contribution >= 0.6 is 0 Å². The Morgan fingerprint density at radius 3 is 2.21 bits per heavy atom. The van der Waals surface area contributed by atoms with Gasteiger partial charge in [-0.05, 0) is 25.7 Å². The normalized spacial score (nSPS) is 28.1. The van der Waals surface area contributed by atoms with Gasteiger partial charge in [-0.2, -0.15) is 0 Å². The molecule has 82 valence electrons. The monoisotopic (exact) mass is 197 g/mol. The minimum atomic E-state index is 0.647. The van der Waals surface area contributed by atoms with Crippen molar-refractivity contribution >= 4 is 0 Å². The van der Waals surface area contributed by atoms with Crippen molar-refractivity contribution in [2.75, 3.05) is 13.2 Å². The van der Waals surface area contributed by atoms with Gasteiger partial charge in [0, 0.05) is 6.04 Å². The fourth-order valence-corrected chi connectivity index (χ4v) is 2.65. The van der Waals surface area contributed by atoms with Crippen molar-refractivity contribution in [2.45, 2.75) is 57.5 Å². The van der Waals surface area contributed by atoms with Crippen LogP contribution in [0.2, 0.25) is 0 Å². The zero-order valence-electron chi connectivity index (χ0n) is 9.30. The molecule has 1 saturated heterocycles. The molecule has 0 spiro atoms. The number of rotatable bonds is 3. The Morgan fingerprint density at radius 1 is 1.07 bits per heavy atom. The molecule has 2 aliphatic rings. The summed E-state index contributed by atoms with van der Waals surface area (Å²) in [6, 6.07) is 1.34. The molecular formula is C12H23NO. The molecule has 14 heavy (non-hydrogen) atoms. The van der Waals surface area contributed by atoms with E-state index >= 15 is 0 Å². The van der Waals surface area contributed by atoms with Gasteiger partial charge in [0.05, 0.1) is 19.3 Å². The van der Waals surface area contributed by atoms with Crippen molar-refractivity contribution in [2.24, 2.45) is 5.92 Å². The first kappa shape index (κ1) is 10.4. The molecule has 0 unspecified atom stereocenters. The fraction of sp³-hybridized carbons (Fsp3) is 1.00. The molecule has 0 aromatic rings. The van der Waals surface area contributed by atoms with Crippen LogP contribution in [-0.2, 0) is 4.74 Å². The molecule has 0 radical (unpaired) electrons. The summed E-state index contributed by atoms with van der Waals surface area (Å²) in [5.74, 6) is 0.915. The molecule has 0 amide bonds. The molecule has 2 heteroatoms. The van der Waals surface area contributed by atoms with Crippen LogP contribution in [0, 0.1) is 5.92 Å². The minimum absolute atomic E-state index is 0.647. The summed E-state index contributed by atoms with van der Waals surface area (Å²) in [7, 11) is 0. The Morgan fingerprint density at radius 2 is 1.71 bits per heavy atom. The van der Waals surface area contributed by atoms with E-state index in [4.69, 9.17) is 4.74 Å². The molecule has 1 atom stereocenters. The van der Waals surface area contributed by atoms with E-state index in [1.807, 2.05) is 0 Å². The van der Waals surface area contributed by atoms with E-state index < -0.39 is 0 Å². The fourth-order valence-electron chi connectivity index (χ4n) is 2.65. The van der Waals surface area contributed by atoms with E-state index in [1.54, 1.807) is 0 Å². The van der Waals surface area contributed by atoms with Gasteiger partial charge in [0.1, 0.15) is 0 Å². The lowest BCUT2D eigenvalue weighted by Crippen LogP contribution is -2.51. The molecule has 0 aromatic heterocycles. The summed E-state index contributed by atoms with van der Waals surface area (Å²) in [5, 5.41) is 3.69. The average molecular weight is 197 g/mol. The quantitative estimate of drug-likeness (QED) is 0.701. The van der Waals surface area contributed by atoms with E-state index in [0.29, 0.717) is 12.1 Å². The zero-order chi connectivity index (χ0) is 9.80. The third kappa shape index (κ3) is 2.71. The maximum Gasteiger partial charge on any atom is 0.0643 e. The van der Waals surface area contributed by atoms with Crippen LogP contribution in [0.15, 0.2) is 0 Å². The van der Waals surface area contributed by atoms with Gasteiger partial charge >= 0.3 is 0 Å². The van der Waals surface area contributed by atoms with Crippen LogP contribution in [0.3, 0.4) is 0 Å². The molecule has 0 bridgehead atoms. The molecule has 2 rings (SSSR count). The lowest BCUT2D eigenvalue weighted by molar-refractivity contribution is -0.0125. The van der Waals surface area contributed by atoms with Crippen molar-refractivity contribution in [3.63, 3.8) is 0 Å². The van der Waals surface area contributed by atoms with Crippen LogP contribution in [0.1, 0.15) is 45.4 Å². The second-order valence-corrected chi connectivity index (χ2v) is 4.94. The van der Waals surface area contributed by atoms with Gasteiger partial charge in [-0.25, -0.2) is 0 Å². The molecule has 1 heterocycles. The number of hydrogen-bond acceptors (Lipinski definition) is 2. The molecule has 1 N–H and O–H groups in total. The van der Waals surface area contributed by atoms with E-state index in [1.165, 1.54) is 38.5 Å². The van der Waals surface area contributed by atoms with Crippen LogP contribution in [0.4, 0.5) is 0 Å². The van der Waals surface area contributed by atoms with Crippen LogP contribution in [0.5, 0.6) is 0 Å². The topological polar surface area (TPSA) is 21.3 Å². The van der Waals surface area contributed by atoms with Gasteiger partial charge in [-0.3, -0.25) is 0 Å². The minimum Gasteiger partial charge on any atom is -0.378 e. The maximum atomic E-state index is 5.19. The van der Waals surface area contributed by atoms with Gasteiger partial charge in [-0.15, -0.1) is 0 Å². The second-order valence-electron chi connectivity index (χ2n) is 4.94.